The number of non-ortho nitro benzene ring substituents is 1. The van der Waals surface area contributed by atoms with Crippen LogP contribution >= 0.6 is 0 Å². The van der Waals surface area contributed by atoms with Crippen molar-refractivity contribution in [2.24, 2.45) is 5.92 Å². The molecular formula is C17H25N3O4. The molecule has 1 amide bonds. The van der Waals surface area contributed by atoms with E-state index < -0.39 is 11.0 Å². The standard InChI is InChI=1S/C17H25N3O4/c1-5-18(6-2)9-10-19-14-8-7-13(20(22)23)11-15(14)24-16(12(3)4)17(19)21/h7-8,11-12,16H,5-6,9-10H2,1-4H3. The zero-order valence-electron chi connectivity index (χ0n) is 14.7. The Kier molecular flexibility index (Phi) is 5.77. The first-order valence-electron chi connectivity index (χ1n) is 8.37. The lowest BCUT2D eigenvalue weighted by atomic mass is 10.0. The lowest BCUT2D eigenvalue weighted by Crippen LogP contribution is -2.50. The second-order valence-electron chi connectivity index (χ2n) is 6.21. The largest absolute Gasteiger partial charge is 0.478 e. The first-order chi connectivity index (χ1) is 11.4. The maximum absolute atomic E-state index is 12.8. The van der Waals surface area contributed by atoms with Gasteiger partial charge in [-0.1, -0.05) is 27.7 Å². The number of likely N-dealkylation sites (N-methyl/N-ethyl adjacent to an activating group) is 1. The first-order valence-corrected chi connectivity index (χ1v) is 8.37. The van der Waals surface area contributed by atoms with Crippen LogP contribution in [0, 0.1) is 16.0 Å². The Bertz CT molecular complexity index is 614. The number of hydrogen-bond donors (Lipinski definition) is 0. The van der Waals surface area contributed by atoms with Gasteiger partial charge in [0.15, 0.2) is 11.9 Å². The molecule has 0 radical (unpaired) electrons. The molecular weight excluding hydrogens is 310 g/mol. The van der Waals surface area contributed by atoms with Crippen molar-refractivity contribution in [2.45, 2.75) is 33.8 Å². The minimum atomic E-state index is -0.615. The first kappa shape index (κ1) is 18.2. The van der Waals surface area contributed by atoms with Crippen molar-refractivity contribution < 1.29 is 14.5 Å². The van der Waals surface area contributed by atoms with Gasteiger partial charge in [-0.25, -0.2) is 0 Å². The van der Waals surface area contributed by atoms with E-state index in [0.29, 0.717) is 18.0 Å². The Labute approximate surface area is 142 Å². The molecule has 0 N–H and O–H groups in total. The molecule has 132 valence electrons. The average molecular weight is 335 g/mol. The van der Waals surface area contributed by atoms with Crippen LogP contribution in [0.4, 0.5) is 11.4 Å². The summed E-state index contributed by atoms with van der Waals surface area (Å²) < 4.78 is 5.78. The maximum atomic E-state index is 12.8. The Morgan fingerprint density at radius 2 is 2.00 bits per heavy atom. The van der Waals surface area contributed by atoms with Crippen LogP contribution < -0.4 is 9.64 Å². The van der Waals surface area contributed by atoms with Crippen LogP contribution in [0.1, 0.15) is 27.7 Å². The number of anilines is 1. The second kappa shape index (κ2) is 7.61. The van der Waals surface area contributed by atoms with Crippen LogP contribution in [0.2, 0.25) is 0 Å². The normalized spacial score (nSPS) is 17.2. The van der Waals surface area contributed by atoms with Crippen LogP contribution in [0.15, 0.2) is 18.2 Å². The summed E-state index contributed by atoms with van der Waals surface area (Å²) in [5.74, 6) is 0.307. The molecule has 24 heavy (non-hydrogen) atoms. The lowest BCUT2D eigenvalue weighted by Gasteiger charge is -2.36. The number of hydrogen-bond acceptors (Lipinski definition) is 5. The summed E-state index contributed by atoms with van der Waals surface area (Å²) >= 11 is 0. The highest BCUT2D eigenvalue weighted by molar-refractivity contribution is 6.00. The van der Waals surface area contributed by atoms with E-state index in [1.165, 1.54) is 12.1 Å². The summed E-state index contributed by atoms with van der Waals surface area (Å²) in [6.07, 6.45) is -0.615. The molecule has 1 aromatic rings. The van der Waals surface area contributed by atoms with Gasteiger partial charge >= 0.3 is 0 Å². The third kappa shape index (κ3) is 3.67. The van der Waals surface area contributed by atoms with Gasteiger partial charge in [0.1, 0.15) is 0 Å². The minimum Gasteiger partial charge on any atom is -0.478 e. The molecule has 0 saturated carbocycles. The van der Waals surface area contributed by atoms with Crippen LogP contribution in [0.25, 0.3) is 0 Å². The predicted octanol–water partition coefficient (Wildman–Crippen LogP) is 2.69. The highest BCUT2D eigenvalue weighted by atomic mass is 16.6. The quantitative estimate of drug-likeness (QED) is 0.565. The fourth-order valence-electron chi connectivity index (χ4n) is 2.83. The number of nitro groups is 1. The highest BCUT2D eigenvalue weighted by Crippen LogP contribution is 2.38. The Hall–Kier alpha value is -2.15. The van der Waals surface area contributed by atoms with Crippen molar-refractivity contribution in [3.05, 3.63) is 28.3 Å². The molecule has 0 saturated heterocycles. The molecule has 1 aliphatic rings. The van der Waals surface area contributed by atoms with Gasteiger partial charge in [-0.3, -0.25) is 14.9 Å². The Balaban J connectivity index is 2.34. The van der Waals surface area contributed by atoms with E-state index in [9.17, 15) is 14.9 Å². The SMILES string of the molecule is CCN(CC)CCN1C(=O)C(C(C)C)Oc2cc([N+](=O)[O-])ccc21. The van der Waals surface area contributed by atoms with E-state index in [4.69, 9.17) is 4.74 Å². The van der Waals surface area contributed by atoms with E-state index in [0.717, 1.165) is 19.6 Å². The van der Waals surface area contributed by atoms with Crippen molar-refractivity contribution in [1.29, 1.82) is 0 Å². The van der Waals surface area contributed by atoms with Crippen LogP contribution in [-0.2, 0) is 4.79 Å². The minimum absolute atomic E-state index is 0.0131. The van der Waals surface area contributed by atoms with Crippen molar-refractivity contribution in [3.8, 4) is 5.75 Å². The molecule has 7 nitrogen and oxygen atoms in total. The van der Waals surface area contributed by atoms with Gasteiger partial charge < -0.3 is 14.5 Å². The number of carbonyl (C=O) groups is 1. The van der Waals surface area contributed by atoms with Gasteiger partial charge in [-0.15, -0.1) is 0 Å². The van der Waals surface area contributed by atoms with Crippen molar-refractivity contribution in [2.75, 3.05) is 31.1 Å². The van der Waals surface area contributed by atoms with Crippen molar-refractivity contribution >= 4 is 17.3 Å². The monoisotopic (exact) mass is 335 g/mol. The topological polar surface area (TPSA) is 75.9 Å². The zero-order chi connectivity index (χ0) is 17.9. The Morgan fingerprint density at radius 1 is 1.33 bits per heavy atom. The molecule has 1 atom stereocenters. The number of carbonyl (C=O) groups excluding carboxylic acids is 1. The molecule has 1 aliphatic heterocycles. The molecule has 1 unspecified atom stereocenters. The summed E-state index contributed by atoms with van der Waals surface area (Å²) in [4.78, 5) is 27.3. The third-order valence-corrected chi connectivity index (χ3v) is 4.35. The molecule has 0 fully saturated rings. The number of benzene rings is 1. The maximum Gasteiger partial charge on any atom is 0.273 e. The van der Waals surface area contributed by atoms with Gasteiger partial charge in [0.2, 0.25) is 0 Å². The van der Waals surface area contributed by atoms with E-state index in [1.54, 1.807) is 11.0 Å². The summed E-state index contributed by atoms with van der Waals surface area (Å²) in [7, 11) is 0. The van der Waals surface area contributed by atoms with E-state index in [1.807, 2.05) is 13.8 Å². The summed E-state index contributed by atoms with van der Waals surface area (Å²) in [5, 5.41) is 11.0. The molecule has 0 aromatic heterocycles. The second-order valence-corrected chi connectivity index (χ2v) is 6.21. The highest BCUT2D eigenvalue weighted by Gasteiger charge is 2.37. The fourth-order valence-corrected chi connectivity index (χ4v) is 2.83. The van der Waals surface area contributed by atoms with Gasteiger partial charge in [0.25, 0.3) is 11.6 Å². The van der Waals surface area contributed by atoms with Crippen molar-refractivity contribution in [3.63, 3.8) is 0 Å². The summed E-state index contributed by atoms with van der Waals surface area (Å²) in [6, 6.07) is 4.42. The Morgan fingerprint density at radius 3 is 2.54 bits per heavy atom. The lowest BCUT2D eigenvalue weighted by molar-refractivity contribution is -0.384. The van der Waals surface area contributed by atoms with E-state index in [-0.39, 0.29) is 17.5 Å². The van der Waals surface area contributed by atoms with Crippen LogP contribution in [0.5, 0.6) is 5.75 Å². The zero-order valence-corrected chi connectivity index (χ0v) is 14.7. The number of fused-ring (bicyclic) bond motifs is 1. The molecule has 0 aliphatic carbocycles. The third-order valence-electron chi connectivity index (χ3n) is 4.35. The number of nitro benzene ring substituents is 1. The summed E-state index contributed by atoms with van der Waals surface area (Å²) in [6.45, 7) is 11.1. The number of nitrogens with zero attached hydrogens (tertiary/aromatic N) is 3. The van der Waals surface area contributed by atoms with Crippen molar-refractivity contribution in [1.82, 2.24) is 4.90 Å². The average Bonchev–Trinajstić information content (AvgIpc) is 2.56. The smallest absolute Gasteiger partial charge is 0.273 e. The van der Waals surface area contributed by atoms with Gasteiger partial charge in [0, 0.05) is 19.2 Å². The van der Waals surface area contributed by atoms with Crippen LogP contribution in [-0.4, -0.2) is 48.0 Å². The van der Waals surface area contributed by atoms with Gasteiger partial charge in [-0.05, 0) is 25.1 Å². The molecule has 2 rings (SSSR count). The number of rotatable bonds is 7. The number of amides is 1. The van der Waals surface area contributed by atoms with E-state index >= 15 is 0 Å². The molecule has 1 aromatic carbocycles. The summed E-state index contributed by atoms with van der Waals surface area (Å²) in [5.41, 5.74) is 0.573. The molecule has 0 bridgehead atoms. The fraction of sp³-hybridized carbons (Fsp3) is 0.588. The number of ether oxygens (including phenoxy) is 1. The van der Waals surface area contributed by atoms with Gasteiger partial charge in [-0.2, -0.15) is 0 Å². The molecule has 7 heteroatoms. The predicted molar refractivity (Wildman–Crippen MR) is 92.5 cm³/mol. The molecule has 1 heterocycles. The van der Waals surface area contributed by atoms with Gasteiger partial charge in [0.05, 0.1) is 16.7 Å². The van der Waals surface area contributed by atoms with E-state index in [2.05, 4.69) is 18.7 Å². The molecule has 0 spiro atoms. The van der Waals surface area contributed by atoms with Crippen LogP contribution in [0.3, 0.4) is 0 Å².